The predicted molar refractivity (Wildman–Crippen MR) is 63.4 cm³/mol. The molecule has 1 rings (SSSR count). The second kappa shape index (κ2) is 4.65. The number of rotatable bonds is 2. The maximum Gasteiger partial charge on any atom is 0.00640 e. The molecule has 1 nitrogen and oxygen atoms in total. The Bertz CT molecular complexity index is 161. The van der Waals surface area contributed by atoms with Crippen molar-refractivity contribution in [3.63, 3.8) is 0 Å². The predicted octanol–water partition coefficient (Wildman–Crippen LogP) is 3.45. The highest BCUT2D eigenvalue weighted by atomic mass is 14.9. The first-order valence-corrected chi connectivity index (χ1v) is 6.12. The molecule has 0 aromatic carbocycles. The minimum absolute atomic E-state index is 0.522. The fourth-order valence-electron chi connectivity index (χ4n) is 2.72. The van der Waals surface area contributed by atoms with E-state index in [1.165, 1.54) is 25.7 Å². The maximum absolute atomic E-state index is 3.39. The van der Waals surface area contributed by atoms with Crippen molar-refractivity contribution in [2.75, 3.05) is 7.05 Å². The summed E-state index contributed by atoms with van der Waals surface area (Å²) in [6.45, 7) is 9.49. The van der Waals surface area contributed by atoms with Gasteiger partial charge in [0.2, 0.25) is 0 Å². The van der Waals surface area contributed by atoms with Crippen molar-refractivity contribution in [1.29, 1.82) is 0 Å². The van der Waals surface area contributed by atoms with Gasteiger partial charge in [0.15, 0.2) is 0 Å². The molecule has 1 unspecified atom stereocenters. The van der Waals surface area contributed by atoms with E-state index in [-0.39, 0.29) is 0 Å². The zero-order valence-corrected chi connectivity index (χ0v) is 10.6. The lowest BCUT2D eigenvalue weighted by Crippen LogP contribution is -2.35. The molecule has 0 saturated heterocycles. The van der Waals surface area contributed by atoms with E-state index in [0.717, 1.165) is 11.8 Å². The molecule has 1 N–H and O–H groups in total. The molecule has 14 heavy (non-hydrogen) atoms. The van der Waals surface area contributed by atoms with Crippen LogP contribution in [-0.4, -0.2) is 13.1 Å². The zero-order valence-electron chi connectivity index (χ0n) is 10.6. The fourth-order valence-corrected chi connectivity index (χ4v) is 2.72. The Kier molecular flexibility index (Phi) is 4.00. The van der Waals surface area contributed by atoms with Gasteiger partial charge >= 0.3 is 0 Å². The summed E-state index contributed by atoms with van der Waals surface area (Å²) in [6, 6.07) is 0.705. The normalized spacial score (nSPS) is 31.5. The average molecular weight is 197 g/mol. The summed E-state index contributed by atoms with van der Waals surface area (Å²) in [6.07, 6.45) is 5.70. The second-order valence-electron chi connectivity index (χ2n) is 6.06. The summed E-state index contributed by atoms with van der Waals surface area (Å²) in [7, 11) is 2.08. The minimum atomic E-state index is 0.522. The Hall–Kier alpha value is -0.0400. The van der Waals surface area contributed by atoms with Gasteiger partial charge in [0.25, 0.3) is 0 Å². The smallest absolute Gasteiger partial charge is 0.00640 e. The van der Waals surface area contributed by atoms with Gasteiger partial charge in [0.05, 0.1) is 0 Å². The van der Waals surface area contributed by atoms with Gasteiger partial charge in [-0.05, 0) is 56.9 Å². The topological polar surface area (TPSA) is 12.0 Å². The average Bonchev–Trinajstić information content (AvgIpc) is 2.15. The molecule has 1 saturated carbocycles. The monoisotopic (exact) mass is 197 g/mol. The Labute approximate surface area is 89.7 Å². The summed E-state index contributed by atoms with van der Waals surface area (Å²) in [5, 5.41) is 3.39. The van der Waals surface area contributed by atoms with Gasteiger partial charge in [-0.1, -0.05) is 20.8 Å². The summed E-state index contributed by atoms with van der Waals surface area (Å²) in [5.74, 6) is 1.86. The lowest BCUT2D eigenvalue weighted by atomic mass is 9.69. The first-order chi connectivity index (χ1) is 6.45. The largest absolute Gasteiger partial charge is 0.317 e. The van der Waals surface area contributed by atoms with Crippen molar-refractivity contribution in [2.24, 2.45) is 17.3 Å². The van der Waals surface area contributed by atoms with Crippen molar-refractivity contribution in [3.8, 4) is 0 Å². The Morgan fingerprint density at radius 3 is 1.93 bits per heavy atom. The third-order valence-corrected chi connectivity index (χ3v) is 4.16. The van der Waals surface area contributed by atoms with Crippen molar-refractivity contribution < 1.29 is 0 Å². The number of hydrogen-bond acceptors (Lipinski definition) is 1. The minimum Gasteiger partial charge on any atom is -0.317 e. The van der Waals surface area contributed by atoms with Gasteiger partial charge in [-0.3, -0.25) is 0 Å². The van der Waals surface area contributed by atoms with Gasteiger partial charge in [0.1, 0.15) is 0 Å². The van der Waals surface area contributed by atoms with Gasteiger partial charge in [0, 0.05) is 6.04 Å². The molecule has 0 spiro atoms. The van der Waals surface area contributed by atoms with E-state index in [0.29, 0.717) is 11.5 Å². The fraction of sp³-hybridized carbons (Fsp3) is 1.00. The third-order valence-electron chi connectivity index (χ3n) is 4.16. The van der Waals surface area contributed by atoms with Gasteiger partial charge in [-0.25, -0.2) is 0 Å². The van der Waals surface area contributed by atoms with Gasteiger partial charge < -0.3 is 5.32 Å². The van der Waals surface area contributed by atoms with E-state index >= 15 is 0 Å². The highest BCUT2D eigenvalue weighted by molar-refractivity contribution is 4.83. The Balaban J connectivity index is 2.39. The summed E-state index contributed by atoms with van der Waals surface area (Å²) < 4.78 is 0. The van der Waals surface area contributed by atoms with Crippen LogP contribution in [0.2, 0.25) is 0 Å². The maximum atomic E-state index is 3.39. The van der Waals surface area contributed by atoms with Crippen LogP contribution in [0.25, 0.3) is 0 Å². The lowest BCUT2D eigenvalue weighted by molar-refractivity contribution is 0.137. The van der Waals surface area contributed by atoms with E-state index in [9.17, 15) is 0 Å². The van der Waals surface area contributed by atoms with Crippen molar-refractivity contribution in [1.82, 2.24) is 5.32 Å². The molecule has 0 radical (unpaired) electrons. The molecule has 1 heteroatoms. The molecule has 1 fully saturated rings. The van der Waals surface area contributed by atoms with E-state index in [4.69, 9.17) is 0 Å². The van der Waals surface area contributed by atoms with Crippen molar-refractivity contribution in [3.05, 3.63) is 0 Å². The molecule has 0 heterocycles. The van der Waals surface area contributed by atoms with Crippen LogP contribution in [-0.2, 0) is 0 Å². The molecule has 1 aliphatic rings. The first kappa shape index (κ1) is 12.0. The van der Waals surface area contributed by atoms with Crippen LogP contribution in [0.3, 0.4) is 0 Å². The van der Waals surface area contributed by atoms with Crippen LogP contribution < -0.4 is 5.32 Å². The first-order valence-electron chi connectivity index (χ1n) is 6.12. The SMILES string of the molecule is CNC(C)C1CCC(C(C)(C)C)CC1. The Morgan fingerprint density at radius 2 is 1.57 bits per heavy atom. The zero-order chi connectivity index (χ0) is 10.8. The molecule has 0 aromatic heterocycles. The molecule has 84 valence electrons. The highest BCUT2D eigenvalue weighted by Crippen LogP contribution is 2.40. The number of hydrogen-bond donors (Lipinski definition) is 1. The van der Waals surface area contributed by atoms with Crippen LogP contribution in [0, 0.1) is 17.3 Å². The van der Waals surface area contributed by atoms with Gasteiger partial charge in [-0.15, -0.1) is 0 Å². The van der Waals surface area contributed by atoms with Crippen LogP contribution in [0.1, 0.15) is 53.4 Å². The van der Waals surface area contributed by atoms with E-state index in [2.05, 4.69) is 40.1 Å². The standard InChI is InChI=1S/C13H27N/c1-10(14-5)11-6-8-12(9-7-11)13(2,3)4/h10-12,14H,6-9H2,1-5H3. The summed E-state index contributed by atoms with van der Waals surface area (Å²) in [5.41, 5.74) is 0.522. The van der Waals surface area contributed by atoms with Crippen LogP contribution in [0.5, 0.6) is 0 Å². The molecular weight excluding hydrogens is 170 g/mol. The van der Waals surface area contributed by atoms with E-state index in [1.807, 2.05) is 0 Å². The van der Waals surface area contributed by atoms with Crippen LogP contribution >= 0.6 is 0 Å². The van der Waals surface area contributed by atoms with E-state index in [1.54, 1.807) is 0 Å². The second-order valence-corrected chi connectivity index (χ2v) is 6.06. The molecule has 0 bridgehead atoms. The van der Waals surface area contributed by atoms with Crippen LogP contribution in [0.15, 0.2) is 0 Å². The van der Waals surface area contributed by atoms with E-state index < -0.39 is 0 Å². The van der Waals surface area contributed by atoms with Crippen LogP contribution in [0.4, 0.5) is 0 Å². The lowest BCUT2D eigenvalue weighted by Gasteiger charge is -2.38. The summed E-state index contributed by atoms with van der Waals surface area (Å²) in [4.78, 5) is 0. The van der Waals surface area contributed by atoms with Crippen molar-refractivity contribution in [2.45, 2.75) is 59.4 Å². The molecule has 0 aromatic rings. The quantitative estimate of drug-likeness (QED) is 0.715. The molecule has 1 aliphatic carbocycles. The highest BCUT2D eigenvalue weighted by Gasteiger charge is 2.30. The molecule has 0 aliphatic heterocycles. The molecular formula is C13H27N. The molecule has 0 amide bonds. The van der Waals surface area contributed by atoms with Crippen molar-refractivity contribution >= 4 is 0 Å². The number of nitrogens with one attached hydrogen (secondary N) is 1. The van der Waals surface area contributed by atoms with Gasteiger partial charge in [-0.2, -0.15) is 0 Å². The molecule has 1 atom stereocenters. The summed E-state index contributed by atoms with van der Waals surface area (Å²) >= 11 is 0. The third kappa shape index (κ3) is 2.98. The Morgan fingerprint density at radius 1 is 1.07 bits per heavy atom.